The third-order valence-corrected chi connectivity index (χ3v) is 5.65. The molecule has 1 amide bonds. The standard InChI is InChI=1S/C24H28N4O/c1-17-12-20(13-19-8-5-4-6-9-19)14-23(25-17)21-10-7-11-28(15-21)24(29)22-16-27(3)26-18(22)2/h4-6,8-9,12,14,16,21H,7,10-11,13,15H2,1-3H3/t21-/m0/s1. The highest BCUT2D eigenvalue weighted by atomic mass is 16.2. The van der Waals surface area contributed by atoms with Crippen LogP contribution >= 0.6 is 0 Å². The number of rotatable bonds is 4. The fraction of sp³-hybridized carbons (Fsp3) is 0.375. The SMILES string of the molecule is Cc1cc(Cc2ccccc2)cc([C@H]2CCCN(C(=O)c3cn(C)nc3C)C2)n1. The Morgan fingerprint density at radius 1 is 1.14 bits per heavy atom. The fourth-order valence-corrected chi connectivity index (χ4v) is 4.29. The van der Waals surface area contributed by atoms with Crippen LogP contribution in [0.4, 0.5) is 0 Å². The summed E-state index contributed by atoms with van der Waals surface area (Å²) in [5.41, 5.74) is 6.23. The molecule has 0 bridgehead atoms. The molecule has 0 unspecified atom stereocenters. The number of likely N-dealkylation sites (tertiary alicyclic amines) is 1. The number of hydrogen-bond donors (Lipinski definition) is 0. The van der Waals surface area contributed by atoms with E-state index in [0.717, 1.165) is 42.9 Å². The summed E-state index contributed by atoms with van der Waals surface area (Å²) in [6, 6.07) is 14.9. The van der Waals surface area contributed by atoms with E-state index in [1.807, 2.05) is 31.1 Å². The number of aryl methyl sites for hydroxylation is 3. The topological polar surface area (TPSA) is 51.0 Å². The zero-order valence-corrected chi connectivity index (χ0v) is 17.4. The predicted molar refractivity (Wildman–Crippen MR) is 114 cm³/mol. The molecule has 150 valence electrons. The maximum atomic E-state index is 13.0. The second-order valence-corrected chi connectivity index (χ2v) is 8.10. The Hall–Kier alpha value is -2.95. The van der Waals surface area contributed by atoms with Crippen molar-refractivity contribution in [1.82, 2.24) is 19.7 Å². The van der Waals surface area contributed by atoms with Crippen molar-refractivity contribution in [3.63, 3.8) is 0 Å². The quantitative estimate of drug-likeness (QED) is 0.678. The van der Waals surface area contributed by atoms with Crippen molar-refractivity contribution in [2.45, 2.75) is 39.0 Å². The number of carbonyl (C=O) groups is 1. The summed E-state index contributed by atoms with van der Waals surface area (Å²) in [6.07, 6.45) is 4.79. The second-order valence-electron chi connectivity index (χ2n) is 8.10. The van der Waals surface area contributed by atoms with E-state index in [4.69, 9.17) is 4.98 Å². The molecule has 0 aliphatic carbocycles. The van der Waals surface area contributed by atoms with Gasteiger partial charge in [0.05, 0.1) is 11.3 Å². The van der Waals surface area contributed by atoms with Crippen LogP contribution in [0.15, 0.2) is 48.7 Å². The van der Waals surface area contributed by atoms with Crippen molar-refractivity contribution in [2.75, 3.05) is 13.1 Å². The number of benzene rings is 1. The molecule has 5 nitrogen and oxygen atoms in total. The first-order valence-electron chi connectivity index (χ1n) is 10.3. The van der Waals surface area contributed by atoms with Crippen LogP contribution in [0.2, 0.25) is 0 Å². The van der Waals surface area contributed by atoms with Crippen molar-refractivity contribution in [1.29, 1.82) is 0 Å². The van der Waals surface area contributed by atoms with Crippen LogP contribution in [-0.4, -0.2) is 38.7 Å². The molecular weight excluding hydrogens is 360 g/mol. The molecule has 1 atom stereocenters. The summed E-state index contributed by atoms with van der Waals surface area (Å²) in [7, 11) is 1.85. The third-order valence-electron chi connectivity index (χ3n) is 5.65. The molecule has 29 heavy (non-hydrogen) atoms. The van der Waals surface area contributed by atoms with Crippen LogP contribution in [0.5, 0.6) is 0 Å². The first-order chi connectivity index (χ1) is 14.0. The minimum absolute atomic E-state index is 0.0810. The smallest absolute Gasteiger partial charge is 0.257 e. The van der Waals surface area contributed by atoms with Gasteiger partial charge in [0.2, 0.25) is 0 Å². The molecule has 1 aromatic carbocycles. The molecular formula is C24H28N4O. The number of hydrogen-bond acceptors (Lipinski definition) is 3. The molecule has 1 aliphatic heterocycles. The van der Waals surface area contributed by atoms with Gasteiger partial charge in [-0.25, -0.2) is 0 Å². The molecule has 1 saturated heterocycles. The van der Waals surface area contributed by atoms with Gasteiger partial charge in [0.25, 0.3) is 5.91 Å². The molecule has 5 heteroatoms. The van der Waals surface area contributed by atoms with Crippen molar-refractivity contribution < 1.29 is 4.79 Å². The largest absolute Gasteiger partial charge is 0.338 e. The average Bonchev–Trinajstić information content (AvgIpc) is 3.06. The van der Waals surface area contributed by atoms with Gasteiger partial charge in [-0.1, -0.05) is 30.3 Å². The van der Waals surface area contributed by atoms with Crippen molar-refractivity contribution in [3.8, 4) is 0 Å². The molecule has 0 radical (unpaired) electrons. The summed E-state index contributed by atoms with van der Waals surface area (Å²) < 4.78 is 1.71. The molecule has 0 spiro atoms. The molecule has 1 fully saturated rings. The monoisotopic (exact) mass is 388 g/mol. The van der Waals surface area contributed by atoms with Gasteiger partial charge in [0.1, 0.15) is 0 Å². The Morgan fingerprint density at radius 3 is 2.66 bits per heavy atom. The van der Waals surface area contributed by atoms with E-state index in [1.165, 1.54) is 11.1 Å². The van der Waals surface area contributed by atoms with Gasteiger partial charge in [-0.2, -0.15) is 5.10 Å². The number of pyridine rings is 1. The van der Waals surface area contributed by atoms with Crippen LogP contribution < -0.4 is 0 Å². The molecule has 4 rings (SSSR count). The molecule has 3 heterocycles. The summed E-state index contributed by atoms with van der Waals surface area (Å²) >= 11 is 0. The Bertz CT molecular complexity index is 1010. The molecule has 2 aromatic heterocycles. The van der Waals surface area contributed by atoms with Crippen LogP contribution in [0.25, 0.3) is 0 Å². The van der Waals surface area contributed by atoms with Gasteiger partial charge in [-0.3, -0.25) is 14.5 Å². The van der Waals surface area contributed by atoms with Gasteiger partial charge >= 0.3 is 0 Å². The molecule has 0 N–H and O–H groups in total. The summed E-state index contributed by atoms with van der Waals surface area (Å²) in [5, 5.41) is 4.32. The molecule has 0 saturated carbocycles. The Labute approximate surface area is 172 Å². The summed E-state index contributed by atoms with van der Waals surface area (Å²) in [6.45, 7) is 5.47. The number of piperidine rings is 1. The lowest BCUT2D eigenvalue weighted by Gasteiger charge is -2.32. The first-order valence-corrected chi connectivity index (χ1v) is 10.3. The lowest BCUT2D eigenvalue weighted by atomic mass is 9.92. The van der Waals surface area contributed by atoms with Crippen LogP contribution in [0.3, 0.4) is 0 Å². The van der Waals surface area contributed by atoms with E-state index in [1.54, 1.807) is 4.68 Å². The Balaban J connectivity index is 1.53. The van der Waals surface area contributed by atoms with E-state index < -0.39 is 0 Å². The average molecular weight is 389 g/mol. The first kappa shape index (κ1) is 19.4. The highest BCUT2D eigenvalue weighted by molar-refractivity contribution is 5.95. The maximum Gasteiger partial charge on any atom is 0.257 e. The predicted octanol–water partition coefficient (Wildman–Crippen LogP) is 4.04. The van der Waals surface area contributed by atoms with Gasteiger partial charge in [-0.05, 0) is 56.4 Å². The second kappa shape index (κ2) is 8.19. The number of nitrogens with zero attached hydrogens (tertiary/aromatic N) is 4. The normalized spacial score (nSPS) is 16.8. The Morgan fingerprint density at radius 2 is 1.93 bits per heavy atom. The minimum atomic E-state index is 0.0810. The van der Waals surface area contributed by atoms with E-state index >= 15 is 0 Å². The van der Waals surface area contributed by atoms with Gasteiger partial charge in [0, 0.05) is 43.6 Å². The molecule has 3 aromatic rings. The number of carbonyl (C=O) groups excluding carboxylic acids is 1. The van der Waals surface area contributed by atoms with Crippen LogP contribution in [-0.2, 0) is 13.5 Å². The number of aromatic nitrogens is 3. The third kappa shape index (κ3) is 4.39. The van der Waals surface area contributed by atoms with E-state index in [9.17, 15) is 4.79 Å². The summed E-state index contributed by atoms with van der Waals surface area (Å²) in [4.78, 5) is 19.8. The highest BCUT2D eigenvalue weighted by Gasteiger charge is 2.28. The van der Waals surface area contributed by atoms with E-state index in [-0.39, 0.29) is 11.8 Å². The van der Waals surface area contributed by atoms with E-state index in [2.05, 4.69) is 48.4 Å². The van der Waals surface area contributed by atoms with Gasteiger partial charge < -0.3 is 4.90 Å². The lowest BCUT2D eigenvalue weighted by Crippen LogP contribution is -2.39. The number of amides is 1. The lowest BCUT2D eigenvalue weighted by molar-refractivity contribution is 0.0705. The maximum absolute atomic E-state index is 13.0. The van der Waals surface area contributed by atoms with E-state index in [0.29, 0.717) is 12.1 Å². The van der Waals surface area contributed by atoms with Crippen LogP contribution in [0, 0.1) is 13.8 Å². The van der Waals surface area contributed by atoms with Crippen molar-refractivity contribution in [3.05, 3.63) is 82.4 Å². The zero-order valence-electron chi connectivity index (χ0n) is 17.4. The van der Waals surface area contributed by atoms with Crippen LogP contribution in [0.1, 0.15) is 57.3 Å². The molecule has 1 aliphatic rings. The van der Waals surface area contributed by atoms with Crippen molar-refractivity contribution >= 4 is 5.91 Å². The van der Waals surface area contributed by atoms with Crippen molar-refractivity contribution in [2.24, 2.45) is 7.05 Å². The summed E-state index contributed by atoms with van der Waals surface area (Å²) in [5.74, 6) is 0.358. The van der Waals surface area contributed by atoms with Gasteiger partial charge in [0.15, 0.2) is 0 Å². The fourth-order valence-electron chi connectivity index (χ4n) is 4.29. The minimum Gasteiger partial charge on any atom is -0.338 e. The Kier molecular flexibility index (Phi) is 5.47. The van der Waals surface area contributed by atoms with Gasteiger partial charge in [-0.15, -0.1) is 0 Å². The highest BCUT2D eigenvalue weighted by Crippen LogP contribution is 2.28. The zero-order chi connectivity index (χ0) is 20.4.